The number of aryl methyl sites for hydroxylation is 1. The van der Waals surface area contributed by atoms with Gasteiger partial charge in [0.2, 0.25) is 10.0 Å². The fraction of sp³-hybridized carbons (Fsp3) is 0.412. The van der Waals surface area contributed by atoms with Crippen LogP contribution in [-0.2, 0) is 21.3 Å². The summed E-state index contributed by atoms with van der Waals surface area (Å²) in [6, 6.07) is 7.15. The van der Waals surface area contributed by atoms with Crippen LogP contribution in [0, 0.1) is 6.92 Å². The Morgan fingerprint density at radius 2 is 2.04 bits per heavy atom. The number of hydrogen-bond donors (Lipinski definition) is 0. The zero-order chi connectivity index (χ0) is 17.6. The molecule has 7 heteroatoms. The molecule has 0 spiro atoms. The van der Waals surface area contributed by atoms with E-state index in [2.05, 4.69) is 0 Å². The molecule has 1 heterocycles. The summed E-state index contributed by atoms with van der Waals surface area (Å²) in [5.74, 6) is 0.385. The van der Waals surface area contributed by atoms with Gasteiger partial charge in [-0.3, -0.25) is 0 Å². The van der Waals surface area contributed by atoms with Crippen molar-refractivity contribution in [3.63, 3.8) is 0 Å². The summed E-state index contributed by atoms with van der Waals surface area (Å²) in [5, 5.41) is 3.89. The molecule has 24 heavy (non-hydrogen) atoms. The fourth-order valence-corrected chi connectivity index (χ4v) is 4.58. The fourth-order valence-electron chi connectivity index (χ4n) is 2.29. The first-order chi connectivity index (χ1) is 11.5. The van der Waals surface area contributed by atoms with E-state index in [4.69, 9.17) is 9.47 Å². The zero-order valence-corrected chi connectivity index (χ0v) is 15.8. The van der Waals surface area contributed by atoms with Gasteiger partial charge in [-0.2, -0.15) is 15.6 Å². The monoisotopic (exact) mass is 369 g/mol. The predicted octanol–water partition coefficient (Wildman–Crippen LogP) is 3.29. The number of hydrogen-bond acceptors (Lipinski definition) is 5. The molecule has 0 fully saturated rings. The van der Waals surface area contributed by atoms with Crippen LogP contribution >= 0.6 is 11.3 Å². The van der Waals surface area contributed by atoms with Crippen LogP contribution in [0.4, 0.5) is 0 Å². The lowest BCUT2D eigenvalue weighted by atomic mass is 10.2. The van der Waals surface area contributed by atoms with Gasteiger partial charge in [-0.15, -0.1) is 0 Å². The van der Waals surface area contributed by atoms with Gasteiger partial charge in [-0.25, -0.2) is 8.42 Å². The van der Waals surface area contributed by atoms with Crippen LogP contribution in [0.1, 0.15) is 18.1 Å². The molecule has 0 aliphatic carbocycles. The lowest BCUT2D eigenvalue weighted by Gasteiger charge is -2.23. The molecular formula is C17H23NO4S2. The molecule has 5 nitrogen and oxygen atoms in total. The van der Waals surface area contributed by atoms with Crippen molar-refractivity contribution in [3.05, 3.63) is 46.2 Å². The first-order valence-corrected chi connectivity index (χ1v) is 10.1. The molecule has 0 radical (unpaired) electrons. The van der Waals surface area contributed by atoms with Crippen molar-refractivity contribution in [2.45, 2.75) is 25.3 Å². The molecule has 0 aliphatic rings. The predicted molar refractivity (Wildman–Crippen MR) is 96.1 cm³/mol. The van der Waals surface area contributed by atoms with Crippen molar-refractivity contribution in [2.75, 3.05) is 26.9 Å². The first-order valence-electron chi connectivity index (χ1n) is 7.72. The van der Waals surface area contributed by atoms with Gasteiger partial charge in [-0.05, 0) is 53.9 Å². The van der Waals surface area contributed by atoms with Gasteiger partial charge in [0.25, 0.3) is 0 Å². The Hall–Kier alpha value is -1.41. The van der Waals surface area contributed by atoms with Crippen LogP contribution in [-0.4, -0.2) is 39.6 Å². The summed E-state index contributed by atoms with van der Waals surface area (Å²) in [4.78, 5) is 0.204. The minimum Gasteiger partial charge on any atom is -0.492 e. The molecule has 2 aromatic rings. The quantitative estimate of drug-likeness (QED) is 0.681. The topological polar surface area (TPSA) is 55.8 Å². The molecule has 132 valence electrons. The third-order valence-corrected chi connectivity index (χ3v) is 6.10. The van der Waals surface area contributed by atoms with Gasteiger partial charge in [-0.1, -0.05) is 6.07 Å². The van der Waals surface area contributed by atoms with Gasteiger partial charge in [0.1, 0.15) is 10.6 Å². The van der Waals surface area contributed by atoms with Crippen LogP contribution in [0.25, 0.3) is 0 Å². The Morgan fingerprint density at radius 1 is 1.25 bits per heavy atom. The van der Waals surface area contributed by atoms with E-state index in [1.807, 2.05) is 36.7 Å². The number of benzene rings is 1. The minimum atomic E-state index is -3.69. The first kappa shape index (κ1) is 18.9. The number of sulfonamides is 1. The third kappa shape index (κ3) is 4.57. The van der Waals surface area contributed by atoms with Crippen molar-refractivity contribution in [3.8, 4) is 5.75 Å². The number of thiophene rings is 1. The molecule has 0 atom stereocenters. The van der Waals surface area contributed by atoms with Gasteiger partial charge in [0.15, 0.2) is 0 Å². The highest BCUT2D eigenvalue weighted by Gasteiger charge is 2.28. The second kappa shape index (κ2) is 8.62. The smallest absolute Gasteiger partial charge is 0.247 e. The molecule has 0 aliphatic heterocycles. The summed E-state index contributed by atoms with van der Waals surface area (Å²) < 4.78 is 38.5. The van der Waals surface area contributed by atoms with Crippen LogP contribution in [0.3, 0.4) is 0 Å². The molecule has 0 amide bonds. The van der Waals surface area contributed by atoms with Gasteiger partial charge < -0.3 is 9.47 Å². The molecule has 1 aromatic heterocycles. The maximum Gasteiger partial charge on any atom is 0.247 e. The standard InChI is InChI=1S/C17H23NO4S2/c1-4-22-16-6-5-14(2)11-17(16)24(19,20)18(8-9-21-3)12-15-7-10-23-13-15/h5-7,10-11,13H,4,8-9,12H2,1-3H3. The Kier molecular flexibility index (Phi) is 6.79. The number of ether oxygens (including phenoxy) is 2. The van der Waals surface area contributed by atoms with E-state index in [9.17, 15) is 8.42 Å². The lowest BCUT2D eigenvalue weighted by molar-refractivity contribution is 0.177. The second-order valence-corrected chi connectivity index (χ2v) is 8.03. The van der Waals surface area contributed by atoms with Crippen LogP contribution in [0.2, 0.25) is 0 Å². The normalized spacial score (nSPS) is 11.8. The number of methoxy groups -OCH3 is 1. The van der Waals surface area contributed by atoms with E-state index >= 15 is 0 Å². The molecule has 0 saturated heterocycles. The highest BCUT2D eigenvalue weighted by atomic mass is 32.2. The summed E-state index contributed by atoms with van der Waals surface area (Å²) in [6.07, 6.45) is 0. The van der Waals surface area contributed by atoms with Crippen molar-refractivity contribution in [1.29, 1.82) is 0 Å². The van der Waals surface area contributed by atoms with E-state index in [0.717, 1.165) is 11.1 Å². The highest BCUT2D eigenvalue weighted by molar-refractivity contribution is 7.89. The average Bonchev–Trinajstić information content (AvgIpc) is 3.06. The molecule has 0 unspecified atom stereocenters. The van der Waals surface area contributed by atoms with Gasteiger partial charge in [0.05, 0.1) is 13.2 Å². The lowest BCUT2D eigenvalue weighted by Crippen LogP contribution is -2.33. The SMILES string of the molecule is CCOc1ccc(C)cc1S(=O)(=O)N(CCOC)Cc1ccsc1. The summed E-state index contributed by atoms with van der Waals surface area (Å²) >= 11 is 1.55. The van der Waals surface area contributed by atoms with E-state index in [1.54, 1.807) is 30.6 Å². The Balaban J connectivity index is 2.41. The van der Waals surface area contributed by atoms with E-state index < -0.39 is 10.0 Å². The molecule has 0 N–H and O–H groups in total. The maximum atomic E-state index is 13.2. The summed E-state index contributed by atoms with van der Waals surface area (Å²) in [5.41, 5.74) is 1.84. The minimum absolute atomic E-state index is 0.204. The average molecular weight is 370 g/mol. The van der Waals surface area contributed by atoms with Crippen molar-refractivity contribution < 1.29 is 17.9 Å². The van der Waals surface area contributed by atoms with Crippen molar-refractivity contribution in [1.82, 2.24) is 4.31 Å². The Bertz CT molecular complexity index is 742. The van der Waals surface area contributed by atoms with Crippen molar-refractivity contribution >= 4 is 21.4 Å². The Labute approximate surface area is 147 Å². The summed E-state index contributed by atoms with van der Waals surface area (Å²) in [7, 11) is -2.13. The van der Waals surface area contributed by atoms with E-state index in [-0.39, 0.29) is 11.4 Å². The van der Waals surface area contributed by atoms with Crippen LogP contribution < -0.4 is 4.74 Å². The van der Waals surface area contributed by atoms with Gasteiger partial charge in [0, 0.05) is 20.2 Å². The summed E-state index contributed by atoms with van der Waals surface area (Å²) in [6.45, 7) is 5.05. The largest absolute Gasteiger partial charge is 0.492 e. The molecular weight excluding hydrogens is 346 g/mol. The van der Waals surface area contributed by atoms with E-state index in [0.29, 0.717) is 25.5 Å². The third-order valence-electron chi connectivity index (χ3n) is 3.50. The number of rotatable bonds is 9. The zero-order valence-electron chi connectivity index (χ0n) is 14.2. The van der Waals surface area contributed by atoms with E-state index in [1.165, 1.54) is 4.31 Å². The highest BCUT2D eigenvalue weighted by Crippen LogP contribution is 2.29. The number of nitrogens with zero attached hydrogens (tertiary/aromatic N) is 1. The molecule has 0 bridgehead atoms. The van der Waals surface area contributed by atoms with Crippen LogP contribution in [0.5, 0.6) is 5.75 Å². The Morgan fingerprint density at radius 3 is 2.67 bits per heavy atom. The van der Waals surface area contributed by atoms with Crippen LogP contribution in [0.15, 0.2) is 39.9 Å². The molecule has 0 saturated carbocycles. The van der Waals surface area contributed by atoms with Crippen molar-refractivity contribution in [2.24, 2.45) is 0 Å². The molecule has 2 rings (SSSR count). The van der Waals surface area contributed by atoms with Gasteiger partial charge >= 0.3 is 0 Å². The second-order valence-electron chi connectivity index (χ2n) is 5.35. The maximum absolute atomic E-state index is 13.2. The molecule has 1 aromatic carbocycles.